The lowest BCUT2D eigenvalue weighted by molar-refractivity contribution is -0.118. The Kier molecular flexibility index (Phi) is 3.53. The Morgan fingerprint density at radius 1 is 1.40 bits per heavy atom. The van der Waals surface area contributed by atoms with Gasteiger partial charge in [-0.25, -0.2) is 4.98 Å². The Morgan fingerprint density at radius 2 is 2.20 bits per heavy atom. The summed E-state index contributed by atoms with van der Waals surface area (Å²) in [5.74, 6) is 1.08. The number of hydrogen-bond donors (Lipinski definition) is 1. The molecule has 0 radical (unpaired) electrons. The maximum Gasteiger partial charge on any atom is 0.226 e. The van der Waals surface area contributed by atoms with Gasteiger partial charge in [-0.15, -0.1) is 0 Å². The number of benzene rings is 1. The van der Waals surface area contributed by atoms with Crippen LogP contribution in [0.2, 0.25) is 0 Å². The molecular formula is C15H17N3OS. The van der Waals surface area contributed by atoms with Crippen LogP contribution in [0, 0.1) is 5.92 Å². The van der Waals surface area contributed by atoms with E-state index >= 15 is 0 Å². The van der Waals surface area contributed by atoms with Gasteiger partial charge in [0.2, 0.25) is 5.91 Å². The highest BCUT2D eigenvalue weighted by Crippen LogP contribution is 2.32. The fourth-order valence-electron chi connectivity index (χ4n) is 2.13. The van der Waals surface area contributed by atoms with Gasteiger partial charge in [-0.2, -0.15) is 0 Å². The standard InChI is InChI=1S/C15H17N3OS/c1-10(2)14(19)16-12-6-4-3-5-11(12)13-9-18-7-8-20-15(18)17-13/h3-6,9-10H,7-8H2,1-2H3,(H,16,19). The summed E-state index contributed by atoms with van der Waals surface area (Å²) in [6, 6.07) is 7.82. The van der Waals surface area contributed by atoms with Crippen LogP contribution in [-0.4, -0.2) is 21.2 Å². The van der Waals surface area contributed by atoms with Gasteiger partial charge in [-0.1, -0.05) is 43.8 Å². The molecule has 0 saturated heterocycles. The molecular weight excluding hydrogens is 270 g/mol. The molecule has 104 valence electrons. The Labute approximate surface area is 122 Å². The first-order chi connectivity index (χ1) is 9.65. The molecule has 1 aliphatic rings. The van der Waals surface area contributed by atoms with Crippen molar-refractivity contribution in [2.75, 3.05) is 11.1 Å². The lowest BCUT2D eigenvalue weighted by Crippen LogP contribution is -2.18. The second-order valence-corrected chi connectivity index (χ2v) is 6.20. The van der Waals surface area contributed by atoms with Crippen LogP contribution >= 0.6 is 11.8 Å². The number of para-hydroxylation sites is 1. The number of thioether (sulfide) groups is 1. The topological polar surface area (TPSA) is 46.9 Å². The van der Waals surface area contributed by atoms with Gasteiger partial charge in [0.25, 0.3) is 0 Å². The number of nitrogens with one attached hydrogen (secondary N) is 1. The molecule has 1 aromatic carbocycles. The molecule has 2 heterocycles. The Morgan fingerprint density at radius 3 is 2.95 bits per heavy atom. The van der Waals surface area contributed by atoms with Crippen LogP contribution in [0.5, 0.6) is 0 Å². The number of aromatic nitrogens is 2. The van der Waals surface area contributed by atoms with Crippen LogP contribution < -0.4 is 5.32 Å². The van der Waals surface area contributed by atoms with E-state index in [4.69, 9.17) is 0 Å². The van der Waals surface area contributed by atoms with Crippen molar-refractivity contribution in [3.8, 4) is 11.3 Å². The molecule has 0 unspecified atom stereocenters. The Hall–Kier alpha value is -1.75. The first-order valence-electron chi connectivity index (χ1n) is 6.75. The monoisotopic (exact) mass is 287 g/mol. The number of hydrogen-bond acceptors (Lipinski definition) is 3. The van der Waals surface area contributed by atoms with Crippen molar-refractivity contribution in [1.29, 1.82) is 0 Å². The van der Waals surface area contributed by atoms with Gasteiger partial charge in [0.05, 0.1) is 11.4 Å². The third kappa shape index (κ3) is 2.45. The summed E-state index contributed by atoms with van der Waals surface area (Å²) < 4.78 is 2.17. The average molecular weight is 287 g/mol. The maximum atomic E-state index is 11.9. The Balaban J connectivity index is 1.94. The molecule has 0 saturated carbocycles. The predicted molar refractivity (Wildman–Crippen MR) is 81.9 cm³/mol. The number of imidazole rings is 1. The molecule has 0 bridgehead atoms. The number of rotatable bonds is 3. The zero-order valence-corrected chi connectivity index (χ0v) is 12.4. The molecule has 2 aromatic rings. The highest BCUT2D eigenvalue weighted by atomic mass is 32.2. The van der Waals surface area contributed by atoms with Gasteiger partial charge in [-0.05, 0) is 6.07 Å². The lowest BCUT2D eigenvalue weighted by Gasteiger charge is -2.11. The molecule has 0 fully saturated rings. The Bertz CT molecular complexity index is 627. The molecule has 1 aromatic heterocycles. The molecule has 1 amide bonds. The molecule has 20 heavy (non-hydrogen) atoms. The zero-order chi connectivity index (χ0) is 14.1. The van der Waals surface area contributed by atoms with Gasteiger partial charge in [0.15, 0.2) is 5.16 Å². The summed E-state index contributed by atoms with van der Waals surface area (Å²) in [6.45, 7) is 4.78. The van der Waals surface area contributed by atoms with E-state index in [-0.39, 0.29) is 11.8 Å². The average Bonchev–Trinajstić information content (AvgIpc) is 3.00. The summed E-state index contributed by atoms with van der Waals surface area (Å²) in [4.78, 5) is 16.5. The van der Waals surface area contributed by atoms with Crippen LogP contribution in [0.4, 0.5) is 5.69 Å². The number of amides is 1. The molecule has 5 heteroatoms. The molecule has 0 atom stereocenters. The molecule has 0 spiro atoms. The minimum Gasteiger partial charge on any atom is -0.325 e. The van der Waals surface area contributed by atoms with Gasteiger partial charge < -0.3 is 9.88 Å². The molecule has 3 rings (SSSR count). The number of anilines is 1. The largest absolute Gasteiger partial charge is 0.325 e. The molecule has 4 nitrogen and oxygen atoms in total. The summed E-state index contributed by atoms with van der Waals surface area (Å²) in [6.07, 6.45) is 2.07. The van der Waals surface area contributed by atoms with Crippen molar-refractivity contribution in [3.05, 3.63) is 30.5 Å². The van der Waals surface area contributed by atoms with E-state index in [0.717, 1.165) is 34.4 Å². The van der Waals surface area contributed by atoms with E-state index in [1.165, 1.54) is 0 Å². The summed E-state index contributed by atoms with van der Waals surface area (Å²) in [5, 5.41) is 4.04. The second-order valence-electron chi connectivity index (χ2n) is 5.14. The van der Waals surface area contributed by atoms with Crippen molar-refractivity contribution in [2.45, 2.75) is 25.5 Å². The lowest BCUT2D eigenvalue weighted by atomic mass is 10.1. The van der Waals surface area contributed by atoms with Crippen molar-refractivity contribution in [3.63, 3.8) is 0 Å². The van der Waals surface area contributed by atoms with Gasteiger partial charge in [-0.3, -0.25) is 4.79 Å². The molecule has 0 aliphatic carbocycles. The van der Waals surface area contributed by atoms with Crippen molar-refractivity contribution < 1.29 is 4.79 Å². The van der Waals surface area contributed by atoms with E-state index in [9.17, 15) is 4.79 Å². The minimum atomic E-state index is -0.0365. The van der Waals surface area contributed by atoms with Crippen molar-refractivity contribution in [1.82, 2.24) is 9.55 Å². The van der Waals surface area contributed by atoms with E-state index < -0.39 is 0 Å². The third-order valence-corrected chi connectivity index (χ3v) is 4.26. The van der Waals surface area contributed by atoms with Gasteiger partial charge in [0.1, 0.15) is 0 Å². The first kappa shape index (κ1) is 13.2. The quantitative estimate of drug-likeness (QED) is 0.942. The number of aryl methyl sites for hydroxylation is 1. The highest BCUT2D eigenvalue weighted by Gasteiger charge is 2.17. The van der Waals surface area contributed by atoms with Crippen LogP contribution in [0.15, 0.2) is 35.6 Å². The number of carbonyl (C=O) groups excluding carboxylic acids is 1. The molecule has 1 N–H and O–H groups in total. The second kappa shape index (κ2) is 5.32. The normalized spacial score (nSPS) is 13.6. The van der Waals surface area contributed by atoms with E-state index in [1.54, 1.807) is 11.8 Å². The van der Waals surface area contributed by atoms with Gasteiger partial charge in [0, 0.05) is 30.0 Å². The summed E-state index contributed by atoms with van der Waals surface area (Å²) in [7, 11) is 0. The zero-order valence-electron chi connectivity index (χ0n) is 11.6. The van der Waals surface area contributed by atoms with E-state index in [0.29, 0.717) is 0 Å². The SMILES string of the molecule is CC(C)C(=O)Nc1ccccc1-c1cn2c(n1)SCC2. The number of nitrogens with zero attached hydrogens (tertiary/aromatic N) is 2. The number of fused-ring (bicyclic) bond motifs is 1. The number of carbonyl (C=O) groups is 1. The molecule has 1 aliphatic heterocycles. The summed E-state index contributed by atoms with van der Waals surface area (Å²) >= 11 is 1.77. The van der Waals surface area contributed by atoms with Crippen molar-refractivity contribution in [2.24, 2.45) is 5.92 Å². The van der Waals surface area contributed by atoms with Gasteiger partial charge >= 0.3 is 0 Å². The predicted octanol–water partition coefficient (Wildman–Crippen LogP) is 3.25. The van der Waals surface area contributed by atoms with Crippen LogP contribution in [0.1, 0.15) is 13.8 Å². The first-order valence-corrected chi connectivity index (χ1v) is 7.74. The van der Waals surface area contributed by atoms with Crippen LogP contribution in [0.25, 0.3) is 11.3 Å². The maximum absolute atomic E-state index is 11.9. The minimum absolute atomic E-state index is 0.0265. The van der Waals surface area contributed by atoms with Crippen LogP contribution in [0.3, 0.4) is 0 Å². The highest BCUT2D eigenvalue weighted by molar-refractivity contribution is 7.99. The third-order valence-electron chi connectivity index (χ3n) is 3.29. The van der Waals surface area contributed by atoms with E-state index in [2.05, 4.69) is 21.1 Å². The smallest absolute Gasteiger partial charge is 0.226 e. The van der Waals surface area contributed by atoms with Crippen molar-refractivity contribution >= 4 is 23.4 Å². The van der Waals surface area contributed by atoms with Crippen LogP contribution in [-0.2, 0) is 11.3 Å². The fraction of sp³-hybridized carbons (Fsp3) is 0.333. The summed E-state index contributed by atoms with van der Waals surface area (Å²) in [5.41, 5.74) is 2.73. The fourth-order valence-corrected chi connectivity index (χ4v) is 3.08. The van der Waals surface area contributed by atoms with E-state index in [1.807, 2.05) is 38.1 Å².